The van der Waals surface area contributed by atoms with Crippen LogP contribution in [0.3, 0.4) is 0 Å². The lowest BCUT2D eigenvalue weighted by Gasteiger charge is -2.08. The van der Waals surface area contributed by atoms with E-state index in [1.54, 1.807) is 25.1 Å². The van der Waals surface area contributed by atoms with Crippen molar-refractivity contribution < 1.29 is 9.53 Å². The predicted octanol–water partition coefficient (Wildman–Crippen LogP) is 2.21. The summed E-state index contributed by atoms with van der Waals surface area (Å²) in [6, 6.07) is 4.88. The molecule has 0 radical (unpaired) electrons. The fraction of sp³-hybridized carbons (Fsp3) is 0.167. The van der Waals surface area contributed by atoms with Crippen molar-refractivity contribution in [3.05, 3.63) is 45.2 Å². The number of nitrogens with two attached hydrogens (primary N) is 1. The molecule has 6 nitrogen and oxygen atoms in total. The lowest BCUT2D eigenvalue weighted by molar-refractivity contribution is 0.0950. The van der Waals surface area contributed by atoms with E-state index in [1.165, 1.54) is 0 Å². The predicted molar refractivity (Wildman–Crippen MR) is 75.8 cm³/mol. The zero-order chi connectivity index (χ0) is 14.7. The number of aromatic nitrogens is 2. The van der Waals surface area contributed by atoms with Gasteiger partial charge in [0, 0.05) is 10.7 Å². The van der Waals surface area contributed by atoms with Gasteiger partial charge in [-0.3, -0.25) is 15.3 Å². The van der Waals surface area contributed by atoms with E-state index in [1.807, 2.05) is 0 Å². The summed E-state index contributed by atoms with van der Waals surface area (Å²) in [7, 11) is 0. The van der Waals surface area contributed by atoms with Crippen LogP contribution in [0.15, 0.2) is 18.2 Å². The van der Waals surface area contributed by atoms with Gasteiger partial charge in [-0.2, -0.15) is 5.10 Å². The minimum atomic E-state index is -0.433. The molecule has 1 aromatic carbocycles. The Hall–Kier alpha value is -1.76. The molecule has 2 rings (SSSR count). The Bertz CT molecular complexity index is 642. The molecular formula is C12H12Cl2N4O2. The zero-order valence-corrected chi connectivity index (χ0v) is 12.0. The number of nitrogens with one attached hydrogen (secondary N) is 2. The molecule has 2 aromatic rings. The Labute approximate surface area is 125 Å². The molecule has 0 bridgehead atoms. The second-order valence-corrected chi connectivity index (χ2v) is 4.85. The number of aryl methyl sites for hydroxylation is 1. The maximum absolute atomic E-state index is 11.6. The van der Waals surface area contributed by atoms with E-state index in [0.29, 0.717) is 32.7 Å². The van der Waals surface area contributed by atoms with Crippen LogP contribution in [0.25, 0.3) is 0 Å². The van der Waals surface area contributed by atoms with E-state index in [2.05, 4.69) is 15.6 Å². The van der Waals surface area contributed by atoms with Gasteiger partial charge in [0.05, 0.1) is 10.6 Å². The van der Waals surface area contributed by atoms with Crippen molar-refractivity contribution in [1.29, 1.82) is 0 Å². The molecule has 0 saturated carbocycles. The van der Waals surface area contributed by atoms with Crippen molar-refractivity contribution in [2.24, 2.45) is 5.84 Å². The van der Waals surface area contributed by atoms with Crippen LogP contribution in [0, 0.1) is 6.92 Å². The molecule has 0 unspecified atom stereocenters. The first-order valence-electron chi connectivity index (χ1n) is 5.65. The molecule has 0 aliphatic rings. The maximum Gasteiger partial charge on any atom is 0.269 e. The van der Waals surface area contributed by atoms with Gasteiger partial charge in [-0.05, 0) is 25.1 Å². The van der Waals surface area contributed by atoms with E-state index >= 15 is 0 Å². The number of nitrogens with zero attached hydrogens (tertiary/aromatic N) is 1. The molecule has 1 heterocycles. The number of benzene rings is 1. The molecule has 20 heavy (non-hydrogen) atoms. The number of nitrogen functional groups attached to an aromatic ring is 1. The Balaban J connectivity index is 2.17. The van der Waals surface area contributed by atoms with Gasteiger partial charge in [0.2, 0.25) is 0 Å². The van der Waals surface area contributed by atoms with Gasteiger partial charge in [0.15, 0.2) is 0 Å². The summed E-state index contributed by atoms with van der Waals surface area (Å²) in [6.07, 6.45) is 0. The summed E-state index contributed by atoms with van der Waals surface area (Å²) in [5, 5.41) is 7.62. The Morgan fingerprint density at radius 2 is 2.25 bits per heavy atom. The maximum atomic E-state index is 11.6. The Morgan fingerprint density at radius 3 is 2.90 bits per heavy atom. The average molecular weight is 315 g/mol. The van der Waals surface area contributed by atoms with Crippen molar-refractivity contribution in [3.63, 3.8) is 0 Å². The first-order chi connectivity index (χ1) is 9.52. The van der Waals surface area contributed by atoms with Gasteiger partial charge in [0.1, 0.15) is 18.1 Å². The number of amides is 1. The molecule has 1 amide bonds. The number of ether oxygens (including phenoxy) is 1. The lowest BCUT2D eigenvalue weighted by Crippen LogP contribution is -2.31. The molecule has 0 fully saturated rings. The summed E-state index contributed by atoms with van der Waals surface area (Å²) in [5.74, 6) is 5.15. The molecular weight excluding hydrogens is 303 g/mol. The van der Waals surface area contributed by atoms with E-state index < -0.39 is 5.91 Å². The van der Waals surface area contributed by atoms with Crippen molar-refractivity contribution in [3.8, 4) is 5.75 Å². The molecule has 0 atom stereocenters. The van der Waals surface area contributed by atoms with Crippen LogP contribution in [0.5, 0.6) is 5.75 Å². The zero-order valence-electron chi connectivity index (χ0n) is 10.5. The largest absolute Gasteiger partial charge is 0.486 e. The van der Waals surface area contributed by atoms with E-state index in [-0.39, 0.29) is 6.61 Å². The molecule has 8 heteroatoms. The number of halogens is 2. The molecule has 0 spiro atoms. The van der Waals surface area contributed by atoms with E-state index in [0.717, 1.165) is 0 Å². The minimum Gasteiger partial charge on any atom is -0.486 e. The quantitative estimate of drug-likeness (QED) is 0.458. The molecule has 0 aliphatic carbocycles. The van der Waals surface area contributed by atoms with Gasteiger partial charge >= 0.3 is 0 Å². The van der Waals surface area contributed by atoms with Gasteiger partial charge < -0.3 is 4.74 Å². The number of aromatic amines is 1. The normalized spacial score (nSPS) is 10.4. The van der Waals surface area contributed by atoms with Crippen LogP contribution in [0.1, 0.15) is 21.7 Å². The van der Waals surface area contributed by atoms with Crippen molar-refractivity contribution in [1.82, 2.24) is 15.6 Å². The number of carbonyl (C=O) groups is 1. The van der Waals surface area contributed by atoms with Crippen LogP contribution < -0.4 is 16.0 Å². The summed E-state index contributed by atoms with van der Waals surface area (Å²) in [5.41, 5.74) is 3.47. The van der Waals surface area contributed by atoms with E-state index in [4.69, 9.17) is 33.8 Å². The fourth-order valence-electron chi connectivity index (χ4n) is 1.70. The summed E-state index contributed by atoms with van der Waals surface area (Å²) < 4.78 is 5.53. The number of carbonyl (C=O) groups excluding carboxylic acids is 1. The molecule has 106 valence electrons. The Morgan fingerprint density at radius 1 is 1.50 bits per heavy atom. The number of hydrogen-bond donors (Lipinski definition) is 3. The summed E-state index contributed by atoms with van der Waals surface area (Å²) in [6.45, 7) is 1.80. The highest BCUT2D eigenvalue weighted by Gasteiger charge is 2.18. The van der Waals surface area contributed by atoms with Crippen LogP contribution in [0.2, 0.25) is 10.0 Å². The number of H-pyrrole nitrogens is 1. The second kappa shape index (κ2) is 6.13. The monoisotopic (exact) mass is 314 g/mol. The van der Waals surface area contributed by atoms with Crippen molar-refractivity contribution >= 4 is 29.1 Å². The standard InChI is InChI=1S/C12H12Cl2N4O2/c1-6-11(12(19)16-15)9(18-17-6)5-20-10-3-2-7(13)4-8(10)14/h2-4H,5,15H2,1H3,(H,16,19)(H,17,18). The third kappa shape index (κ3) is 3.04. The van der Waals surface area contributed by atoms with Crippen LogP contribution in [-0.2, 0) is 6.61 Å². The lowest BCUT2D eigenvalue weighted by atomic mass is 10.2. The van der Waals surface area contributed by atoms with Crippen LogP contribution >= 0.6 is 23.2 Å². The number of hydrogen-bond acceptors (Lipinski definition) is 4. The minimum absolute atomic E-state index is 0.0778. The molecule has 0 aliphatic heterocycles. The second-order valence-electron chi connectivity index (χ2n) is 4.01. The first kappa shape index (κ1) is 14.6. The highest BCUT2D eigenvalue weighted by atomic mass is 35.5. The first-order valence-corrected chi connectivity index (χ1v) is 6.41. The van der Waals surface area contributed by atoms with Crippen LogP contribution in [-0.4, -0.2) is 16.1 Å². The summed E-state index contributed by atoms with van der Waals surface area (Å²) in [4.78, 5) is 11.6. The van der Waals surface area contributed by atoms with Crippen molar-refractivity contribution in [2.45, 2.75) is 13.5 Å². The third-order valence-corrected chi connectivity index (χ3v) is 3.17. The highest BCUT2D eigenvalue weighted by Crippen LogP contribution is 2.28. The van der Waals surface area contributed by atoms with Gasteiger partial charge in [-0.25, -0.2) is 5.84 Å². The number of hydrazine groups is 1. The molecule has 0 saturated heterocycles. The van der Waals surface area contributed by atoms with Gasteiger partial charge in [0.25, 0.3) is 5.91 Å². The average Bonchev–Trinajstić information content (AvgIpc) is 2.78. The Kier molecular flexibility index (Phi) is 4.49. The fourth-order valence-corrected chi connectivity index (χ4v) is 2.16. The van der Waals surface area contributed by atoms with Gasteiger partial charge in [-0.1, -0.05) is 23.2 Å². The highest BCUT2D eigenvalue weighted by molar-refractivity contribution is 6.35. The van der Waals surface area contributed by atoms with E-state index in [9.17, 15) is 4.79 Å². The topological polar surface area (TPSA) is 93.0 Å². The third-order valence-electron chi connectivity index (χ3n) is 2.64. The SMILES string of the molecule is Cc1[nH]nc(COc2ccc(Cl)cc2Cl)c1C(=O)NN. The van der Waals surface area contributed by atoms with Crippen molar-refractivity contribution in [2.75, 3.05) is 0 Å². The molecule has 4 N–H and O–H groups in total. The van der Waals surface area contributed by atoms with Crippen LogP contribution in [0.4, 0.5) is 0 Å². The number of rotatable bonds is 4. The summed E-state index contributed by atoms with van der Waals surface area (Å²) >= 11 is 11.8. The molecule has 1 aromatic heterocycles. The van der Waals surface area contributed by atoms with Gasteiger partial charge in [-0.15, -0.1) is 0 Å². The smallest absolute Gasteiger partial charge is 0.269 e.